The first-order chi connectivity index (χ1) is 5.70. The molecule has 66 valence electrons. The van der Waals surface area contributed by atoms with E-state index in [4.69, 9.17) is 5.53 Å². The molecule has 0 heterocycles. The minimum absolute atomic E-state index is 0.367. The van der Waals surface area contributed by atoms with Crippen LogP contribution in [0.4, 0.5) is 4.79 Å². The number of urea groups is 1. The van der Waals surface area contributed by atoms with Gasteiger partial charge in [-0.25, -0.2) is 4.79 Å². The first kappa shape index (κ1) is 10.2. The van der Waals surface area contributed by atoms with Gasteiger partial charge in [-0.2, -0.15) is 0 Å². The minimum Gasteiger partial charge on any atom is -0.338 e. The fourth-order valence-corrected chi connectivity index (χ4v) is 0.467. The van der Waals surface area contributed by atoms with Gasteiger partial charge in [0.2, 0.25) is 5.91 Å². The largest absolute Gasteiger partial charge is 0.338 e. The quantitative estimate of drug-likeness (QED) is 0.358. The smallest absolute Gasteiger partial charge is 0.321 e. The van der Waals surface area contributed by atoms with Crippen molar-refractivity contribution in [3.63, 3.8) is 0 Å². The van der Waals surface area contributed by atoms with E-state index >= 15 is 0 Å². The van der Waals surface area contributed by atoms with Crippen LogP contribution in [0.2, 0.25) is 0 Å². The average molecular weight is 171 g/mol. The van der Waals surface area contributed by atoms with E-state index in [1.807, 2.05) is 5.32 Å². The summed E-state index contributed by atoms with van der Waals surface area (Å²) in [6, 6.07) is -0.587. The first-order valence-electron chi connectivity index (χ1n) is 3.29. The summed E-state index contributed by atoms with van der Waals surface area (Å²) in [4.78, 5) is 23.7. The molecule has 0 aliphatic heterocycles. The van der Waals surface area contributed by atoms with Crippen LogP contribution >= 0.6 is 0 Å². The van der Waals surface area contributed by atoms with Crippen LogP contribution in [0.3, 0.4) is 0 Å². The van der Waals surface area contributed by atoms with Gasteiger partial charge in [0.15, 0.2) is 0 Å². The van der Waals surface area contributed by atoms with E-state index in [-0.39, 0.29) is 6.54 Å². The molecule has 0 spiro atoms. The molecule has 12 heavy (non-hydrogen) atoms. The highest BCUT2D eigenvalue weighted by molar-refractivity contribution is 5.95. The maximum atomic E-state index is 10.7. The number of nitrogens with one attached hydrogen (secondary N) is 2. The van der Waals surface area contributed by atoms with Gasteiger partial charge >= 0.3 is 6.03 Å². The zero-order valence-corrected chi connectivity index (χ0v) is 6.57. The van der Waals surface area contributed by atoms with Gasteiger partial charge in [0.05, 0.1) is 0 Å². The van der Waals surface area contributed by atoms with Crippen LogP contribution in [0.1, 0.15) is 6.92 Å². The second-order valence-corrected chi connectivity index (χ2v) is 1.80. The number of carbonyl (C=O) groups excluding carboxylic acids is 2. The fraction of sp³-hybridized carbons (Fsp3) is 0.600. The van der Waals surface area contributed by atoms with E-state index in [1.54, 1.807) is 6.92 Å². The molecule has 0 aliphatic rings. The number of carbonyl (C=O) groups is 2. The lowest BCUT2D eigenvalue weighted by Gasteiger charge is -2.01. The van der Waals surface area contributed by atoms with E-state index in [1.165, 1.54) is 0 Å². The third kappa shape index (κ3) is 5.07. The van der Waals surface area contributed by atoms with Gasteiger partial charge in [-0.1, -0.05) is 5.11 Å². The van der Waals surface area contributed by atoms with Crippen LogP contribution in [-0.2, 0) is 4.79 Å². The van der Waals surface area contributed by atoms with Crippen molar-refractivity contribution in [2.45, 2.75) is 6.92 Å². The highest BCUT2D eigenvalue weighted by Gasteiger charge is 2.03. The van der Waals surface area contributed by atoms with Crippen molar-refractivity contribution in [2.75, 3.05) is 13.1 Å². The Bertz CT molecular complexity index is 220. The monoisotopic (exact) mass is 171 g/mol. The van der Waals surface area contributed by atoms with E-state index in [9.17, 15) is 9.59 Å². The molecule has 3 amide bonds. The van der Waals surface area contributed by atoms with Crippen molar-refractivity contribution >= 4 is 11.9 Å². The van der Waals surface area contributed by atoms with E-state index in [2.05, 4.69) is 15.3 Å². The number of azide groups is 1. The highest BCUT2D eigenvalue weighted by atomic mass is 16.2. The van der Waals surface area contributed by atoms with Crippen LogP contribution in [-0.4, -0.2) is 25.0 Å². The Morgan fingerprint density at radius 1 is 1.58 bits per heavy atom. The van der Waals surface area contributed by atoms with Gasteiger partial charge in [-0.15, -0.1) is 0 Å². The molecular weight excluding hydrogens is 162 g/mol. The summed E-state index contributed by atoms with van der Waals surface area (Å²) in [6.45, 7) is 1.78. The molecule has 0 aliphatic carbocycles. The second-order valence-electron chi connectivity index (χ2n) is 1.80. The predicted molar refractivity (Wildman–Crippen MR) is 41.2 cm³/mol. The van der Waals surface area contributed by atoms with Gasteiger partial charge in [0.1, 0.15) is 6.54 Å². The summed E-state index contributed by atoms with van der Waals surface area (Å²) >= 11 is 0. The molecule has 0 fully saturated rings. The predicted octanol–water partition coefficient (Wildman–Crippen LogP) is 0.142. The summed E-state index contributed by atoms with van der Waals surface area (Å²) in [7, 11) is 0. The lowest BCUT2D eigenvalue weighted by atomic mass is 10.6. The van der Waals surface area contributed by atoms with Gasteiger partial charge < -0.3 is 5.32 Å². The van der Waals surface area contributed by atoms with Crippen LogP contribution in [0.25, 0.3) is 10.4 Å². The van der Waals surface area contributed by atoms with Crippen molar-refractivity contribution in [3.8, 4) is 0 Å². The van der Waals surface area contributed by atoms with Crippen molar-refractivity contribution in [1.29, 1.82) is 0 Å². The summed E-state index contributed by atoms with van der Waals surface area (Å²) in [6.07, 6.45) is 0. The number of imide groups is 1. The summed E-state index contributed by atoms with van der Waals surface area (Å²) in [5, 5.41) is 7.28. The molecular formula is C5H9N5O2. The molecule has 0 aromatic carbocycles. The number of hydrogen-bond donors (Lipinski definition) is 2. The summed E-state index contributed by atoms with van der Waals surface area (Å²) < 4.78 is 0. The molecule has 0 saturated carbocycles. The molecule has 2 N–H and O–H groups in total. The standard InChI is InChI=1S/C5H9N5O2/c1-2-7-5(12)9-4(11)3-8-10-6/h2-3H2,1H3,(H2,7,9,11,12). The van der Waals surface area contributed by atoms with E-state index < -0.39 is 11.9 Å². The fourth-order valence-electron chi connectivity index (χ4n) is 0.467. The summed E-state index contributed by atoms with van der Waals surface area (Å²) in [5.41, 5.74) is 7.83. The molecule has 0 unspecified atom stereocenters. The second kappa shape index (κ2) is 5.99. The minimum atomic E-state index is -0.626. The maximum absolute atomic E-state index is 10.7. The molecule has 0 saturated heterocycles. The number of hydrogen-bond acceptors (Lipinski definition) is 3. The Labute approximate surface area is 68.8 Å². The molecule has 7 heteroatoms. The van der Waals surface area contributed by atoms with Gasteiger partial charge in [-0.05, 0) is 12.5 Å². The lowest BCUT2D eigenvalue weighted by molar-refractivity contribution is -0.118. The maximum Gasteiger partial charge on any atom is 0.321 e. The third-order valence-corrected chi connectivity index (χ3v) is 0.868. The molecule has 7 nitrogen and oxygen atoms in total. The van der Waals surface area contributed by atoms with Crippen molar-refractivity contribution in [1.82, 2.24) is 10.6 Å². The van der Waals surface area contributed by atoms with E-state index in [0.29, 0.717) is 6.54 Å². The number of rotatable bonds is 3. The molecule has 0 aromatic heterocycles. The van der Waals surface area contributed by atoms with Crippen molar-refractivity contribution in [2.24, 2.45) is 5.11 Å². The SMILES string of the molecule is CCNC(=O)NC(=O)CN=[N+]=[N-]. The molecule has 0 atom stereocenters. The topological polar surface area (TPSA) is 107 Å². The Kier molecular flexibility index (Phi) is 5.12. The Morgan fingerprint density at radius 3 is 2.75 bits per heavy atom. The van der Waals surface area contributed by atoms with Crippen LogP contribution in [0.5, 0.6) is 0 Å². The van der Waals surface area contributed by atoms with Gasteiger partial charge in [0, 0.05) is 11.5 Å². The zero-order valence-electron chi connectivity index (χ0n) is 6.57. The van der Waals surface area contributed by atoms with Crippen LogP contribution < -0.4 is 10.6 Å². The zero-order chi connectivity index (χ0) is 9.40. The van der Waals surface area contributed by atoms with Crippen molar-refractivity contribution in [3.05, 3.63) is 10.4 Å². The molecule has 0 rings (SSSR count). The lowest BCUT2D eigenvalue weighted by Crippen LogP contribution is -2.40. The Morgan fingerprint density at radius 2 is 2.25 bits per heavy atom. The summed E-state index contributed by atoms with van der Waals surface area (Å²) in [5.74, 6) is -0.626. The van der Waals surface area contributed by atoms with Crippen molar-refractivity contribution < 1.29 is 9.59 Å². The molecule has 0 radical (unpaired) electrons. The highest BCUT2D eigenvalue weighted by Crippen LogP contribution is 1.72. The molecule has 0 bridgehead atoms. The van der Waals surface area contributed by atoms with Crippen LogP contribution in [0, 0.1) is 0 Å². The third-order valence-electron chi connectivity index (χ3n) is 0.868. The normalized spacial score (nSPS) is 8.08. The van der Waals surface area contributed by atoms with Crippen LogP contribution in [0.15, 0.2) is 5.11 Å². The Hall–Kier alpha value is -1.75. The average Bonchev–Trinajstić information content (AvgIpc) is 2.01. The van der Waals surface area contributed by atoms with Gasteiger partial charge in [0.25, 0.3) is 0 Å². The number of nitrogens with zero attached hydrogens (tertiary/aromatic N) is 3. The number of amides is 3. The Balaban J connectivity index is 3.68. The molecule has 0 aromatic rings. The van der Waals surface area contributed by atoms with Gasteiger partial charge in [-0.3, -0.25) is 10.1 Å². The van der Waals surface area contributed by atoms with E-state index in [0.717, 1.165) is 0 Å². The first-order valence-corrected chi connectivity index (χ1v) is 3.29.